The number of carbonyl (C=O) groups excluding carboxylic acids is 1. The third-order valence-corrected chi connectivity index (χ3v) is 2.76. The third-order valence-electron chi connectivity index (χ3n) is 2.27. The van der Waals surface area contributed by atoms with Crippen LogP contribution in [0.1, 0.15) is 24.2 Å². The summed E-state index contributed by atoms with van der Waals surface area (Å²) in [6.07, 6.45) is -0.705. The Labute approximate surface area is 115 Å². The molecule has 0 bridgehead atoms. The standard InChI is InChI=1S/C13H17BrO4/c1-3-17-7-11(16)8-18-13-6-10(14)4-5-12(13)9(2)15/h4-6,11,16H,3,7-8H2,1-2H3. The van der Waals surface area contributed by atoms with Crippen LogP contribution in [-0.2, 0) is 4.74 Å². The summed E-state index contributed by atoms with van der Waals surface area (Å²) in [5, 5.41) is 9.59. The van der Waals surface area contributed by atoms with Crippen molar-refractivity contribution >= 4 is 21.7 Å². The van der Waals surface area contributed by atoms with E-state index in [2.05, 4.69) is 15.9 Å². The van der Waals surface area contributed by atoms with E-state index >= 15 is 0 Å². The first kappa shape index (κ1) is 15.1. The Morgan fingerprint density at radius 1 is 1.44 bits per heavy atom. The van der Waals surface area contributed by atoms with Crippen molar-refractivity contribution in [1.29, 1.82) is 0 Å². The highest BCUT2D eigenvalue weighted by atomic mass is 79.9. The van der Waals surface area contributed by atoms with Crippen LogP contribution in [0, 0.1) is 0 Å². The lowest BCUT2D eigenvalue weighted by Gasteiger charge is -2.14. The number of halogens is 1. The molecule has 0 aliphatic heterocycles. The van der Waals surface area contributed by atoms with Gasteiger partial charge in [0.1, 0.15) is 18.5 Å². The van der Waals surface area contributed by atoms with Gasteiger partial charge < -0.3 is 14.6 Å². The molecule has 0 saturated carbocycles. The van der Waals surface area contributed by atoms with Crippen molar-refractivity contribution in [1.82, 2.24) is 0 Å². The normalized spacial score (nSPS) is 12.2. The van der Waals surface area contributed by atoms with Crippen molar-refractivity contribution in [2.24, 2.45) is 0 Å². The van der Waals surface area contributed by atoms with Gasteiger partial charge in [-0.1, -0.05) is 15.9 Å². The molecule has 1 atom stereocenters. The summed E-state index contributed by atoms with van der Waals surface area (Å²) in [4.78, 5) is 11.4. The van der Waals surface area contributed by atoms with Gasteiger partial charge in [-0.3, -0.25) is 4.79 Å². The van der Waals surface area contributed by atoms with Crippen LogP contribution in [0.15, 0.2) is 22.7 Å². The third kappa shape index (κ3) is 4.76. The molecule has 0 amide bonds. The van der Waals surface area contributed by atoms with Crippen molar-refractivity contribution in [2.45, 2.75) is 20.0 Å². The highest BCUT2D eigenvalue weighted by molar-refractivity contribution is 9.10. The Morgan fingerprint density at radius 3 is 2.78 bits per heavy atom. The Kier molecular flexibility index (Phi) is 6.32. The maximum Gasteiger partial charge on any atom is 0.163 e. The van der Waals surface area contributed by atoms with Gasteiger partial charge >= 0.3 is 0 Å². The molecule has 1 aromatic rings. The predicted molar refractivity (Wildman–Crippen MR) is 72.1 cm³/mol. The van der Waals surface area contributed by atoms with E-state index in [0.717, 1.165) is 4.47 Å². The lowest BCUT2D eigenvalue weighted by atomic mass is 10.1. The van der Waals surface area contributed by atoms with Gasteiger partial charge in [-0.15, -0.1) is 0 Å². The van der Waals surface area contributed by atoms with Crippen molar-refractivity contribution in [3.05, 3.63) is 28.2 Å². The van der Waals surface area contributed by atoms with Gasteiger partial charge in [0.2, 0.25) is 0 Å². The number of rotatable bonds is 7. The van der Waals surface area contributed by atoms with Crippen LogP contribution >= 0.6 is 15.9 Å². The van der Waals surface area contributed by atoms with Crippen LogP contribution in [0.2, 0.25) is 0 Å². The Hall–Kier alpha value is -0.910. The van der Waals surface area contributed by atoms with E-state index in [1.165, 1.54) is 6.92 Å². The van der Waals surface area contributed by atoms with E-state index in [4.69, 9.17) is 9.47 Å². The minimum atomic E-state index is -0.705. The first-order valence-corrected chi connectivity index (χ1v) is 6.53. The quantitative estimate of drug-likeness (QED) is 0.785. The van der Waals surface area contributed by atoms with Gasteiger partial charge in [-0.25, -0.2) is 0 Å². The molecule has 0 aliphatic carbocycles. The number of aliphatic hydroxyl groups excluding tert-OH is 1. The van der Waals surface area contributed by atoms with Crippen molar-refractivity contribution in [2.75, 3.05) is 19.8 Å². The minimum absolute atomic E-state index is 0.0724. The van der Waals surface area contributed by atoms with Crippen LogP contribution in [0.3, 0.4) is 0 Å². The number of hydrogen-bond donors (Lipinski definition) is 1. The molecule has 1 unspecified atom stereocenters. The van der Waals surface area contributed by atoms with Crippen LogP contribution in [-0.4, -0.2) is 36.8 Å². The van der Waals surface area contributed by atoms with E-state index in [1.54, 1.807) is 18.2 Å². The first-order valence-electron chi connectivity index (χ1n) is 5.73. The average Bonchev–Trinajstić information content (AvgIpc) is 2.33. The summed E-state index contributed by atoms with van der Waals surface area (Å²) < 4.78 is 11.4. The largest absolute Gasteiger partial charge is 0.490 e. The molecule has 1 N–H and O–H groups in total. The van der Waals surface area contributed by atoms with Gasteiger partial charge in [0, 0.05) is 11.1 Å². The summed E-state index contributed by atoms with van der Waals surface area (Å²) in [5.41, 5.74) is 0.502. The van der Waals surface area contributed by atoms with E-state index in [9.17, 15) is 9.90 Å². The molecule has 18 heavy (non-hydrogen) atoms. The second-order valence-electron chi connectivity index (χ2n) is 3.82. The van der Waals surface area contributed by atoms with Gasteiger partial charge in [-0.2, -0.15) is 0 Å². The number of Topliss-reactive ketones (excluding diaryl/α,β-unsaturated/α-hetero) is 1. The molecule has 0 aliphatic rings. The zero-order valence-corrected chi connectivity index (χ0v) is 12.1. The molecule has 1 rings (SSSR count). The first-order chi connectivity index (χ1) is 8.54. The highest BCUT2D eigenvalue weighted by Crippen LogP contribution is 2.24. The monoisotopic (exact) mass is 316 g/mol. The molecule has 0 fully saturated rings. The van der Waals surface area contributed by atoms with Crippen molar-refractivity contribution < 1.29 is 19.4 Å². The predicted octanol–water partition coefficient (Wildman–Crippen LogP) is 2.43. The fourth-order valence-electron chi connectivity index (χ4n) is 1.39. The van der Waals surface area contributed by atoms with Crippen molar-refractivity contribution in [3.63, 3.8) is 0 Å². The van der Waals surface area contributed by atoms with E-state index < -0.39 is 6.10 Å². The van der Waals surface area contributed by atoms with Gasteiger partial charge in [0.25, 0.3) is 0 Å². The number of hydrogen-bond acceptors (Lipinski definition) is 4. The molecule has 1 aromatic carbocycles. The maximum absolute atomic E-state index is 11.4. The molecule has 0 aromatic heterocycles. The lowest BCUT2D eigenvalue weighted by molar-refractivity contribution is 0.0162. The van der Waals surface area contributed by atoms with Crippen LogP contribution in [0.25, 0.3) is 0 Å². The molecular weight excluding hydrogens is 300 g/mol. The molecule has 0 heterocycles. The van der Waals surface area contributed by atoms with Crippen molar-refractivity contribution in [3.8, 4) is 5.75 Å². The molecule has 4 nitrogen and oxygen atoms in total. The Morgan fingerprint density at radius 2 is 2.17 bits per heavy atom. The topological polar surface area (TPSA) is 55.8 Å². The smallest absolute Gasteiger partial charge is 0.163 e. The summed E-state index contributed by atoms with van der Waals surface area (Å²) in [6, 6.07) is 5.18. The summed E-state index contributed by atoms with van der Waals surface area (Å²) in [5.74, 6) is 0.393. The number of ether oxygens (including phenoxy) is 2. The summed E-state index contributed by atoms with van der Waals surface area (Å²) >= 11 is 3.32. The number of ketones is 1. The summed E-state index contributed by atoms with van der Waals surface area (Å²) in [6.45, 7) is 4.20. The fourth-order valence-corrected chi connectivity index (χ4v) is 1.73. The molecule has 0 saturated heterocycles. The average molecular weight is 317 g/mol. The van der Waals surface area contributed by atoms with Gasteiger partial charge in [-0.05, 0) is 32.0 Å². The second-order valence-corrected chi connectivity index (χ2v) is 4.74. The van der Waals surface area contributed by atoms with Crippen LogP contribution in [0.4, 0.5) is 0 Å². The van der Waals surface area contributed by atoms with E-state index in [0.29, 0.717) is 17.9 Å². The fraction of sp³-hybridized carbons (Fsp3) is 0.462. The number of benzene rings is 1. The number of aliphatic hydroxyl groups is 1. The SMILES string of the molecule is CCOCC(O)COc1cc(Br)ccc1C(C)=O. The van der Waals surface area contributed by atoms with E-state index in [-0.39, 0.29) is 19.0 Å². The Bertz CT molecular complexity index is 406. The molecule has 0 radical (unpaired) electrons. The highest BCUT2D eigenvalue weighted by Gasteiger charge is 2.11. The van der Waals surface area contributed by atoms with Gasteiger partial charge in [0.15, 0.2) is 5.78 Å². The zero-order chi connectivity index (χ0) is 13.5. The molecule has 100 valence electrons. The zero-order valence-electron chi connectivity index (χ0n) is 10.5. The van der Waals surface area contributed by atoms with Crippen LogP contribution < -0.4 is 4.74 Å². The van der Waals surface area contributed by atoms with Crippen LogP contribution in [0.5, 0.6) is 5.75 Å². The second kappa shape index (κ2) is 7.51. The molecular formula is C13H17BrO4. The maximum atomic E-state index is 11.4. The van der Waals surface area contributed by atoms with E-state index in [1.807, 2.05) is 6.92 Å². The minimum Gasteiger partial charge on any atom is -0.490 e. The molecule has 0 spiro atoms. The van der Waals surface area contributed by atoms with Gasteiger partial charge in [0.05, 0.1) is 12.2 Å². The summed E-state index contributed by atoms with van der Waals surface area (Å²) in [7, 11) is 0. The lowest BCUT2D eigenvalue weighted by Crippen LogP contribution is -2.23. The Balaban J connectivity index is 2.65. The molecule has 5 heteroatoms. The number of carbonyl (C=O) groups is 1.